The molecule has 1 aliphatic carbocycles. The summed E-state index contributed by atoms with van der Waals surface area (Å²) in [5, 5.41) is 32.5. The van der Waals surface area contributed by atoms with Gasteiger partial charge >= 0.3 is 0 Å². The van der Waals surface area contributed by atoms with Gasteiger partial charge in [0.15, 0.2) is 17.6 Å². The lowest BCUT2D eigenvalue weighted by molar-refractivity contribution is -0.494. The Kier molecular flexibility index (Phi) is 4.01. The zero-order valence-corrected chi connectivity index (χ0v) is 9.76. The van der Waals surface area contributed by atoms with Crippen LogP contribution in [0.1, 0.15) is 0 Å². The molecule has 0 bridgehead atoms. The van der Waals surface area contributed by atoms with Crippen LogP contribution in [0.3, 0.4) is 0 Å². The van der Waals surface area contributed by atoms with E-state index in [9.17, 15) is 30.3 Å². The van der Waals surface area contributed by atoms with Crippen LogP contribution in [0.5, 0.6) is 0 Å². The molecule has 0 radical (unpaired) electrons. The maximum absolute atomic E-state index is 10.9. The maximum Gasteiger partial charge on any atom is 0.298 e. The van der Waals surface area contributed by atoms with Crippen molar-refractivity contribution in [3.63, 3.8) is 0 Å². The average molecular weight is 274 g/mol. The van der Waals surface area contributed by atoms with E-state index in [0.717, 1.165) is 14.2 Å². The van der Waals surface area contributed by atoms with Crippen molar-refractivity contribution in [3.8, 4) is 0 Å². The molecule has 0 saturated heterocycles. The quantitative estimate of drug-likeness (QED) is 0.389. The molecule has 0 N–H and O–H groups in total. The van der Waals surface area contributed by atoms with Crippen molar-refractivity contribution in [1.82, 2.24) is 0 Å². The second-order valence-corrected chi connectivity index (χ2v) is 3.26. The highest BCUT2D eigenvalue weighted by Crippen LogP contribution is 2.33. The Hall–Kier alpha value is -2.69. The molecule has 0 aromatic carbocycles. The van der Waals surface area contributed by atoms with Crippen molar-refractivity contribution in [1.29, 1.82) is 0 Å². The van der Waals surface area contributed by atoms with Gasteiger partial charge in [0.2, 0.25) is 0 Å². The van der Waals surface area contributed by atoms with Gasteiger partial charge < -0.3 is 9.47 Å². The van der Waals surface area contributed by atoms with Crippen molar-refractivity contribution in [2.75, 3.05) is 14.2 Å². The van der Waals surface area contributed by atoms with Crippen LogP contribution in [0.25, 0.3) is 0 Å². The molecule has 0 saturated carbocycles. The van der Waals surface area contributed by atoms with Crippen molar-refractivity contribution in [2.45, 2.75) is 6.10 Å². The lowest BCUT2D eigenvalue weighted by atomic mass is 9.99. The molecule has 1 atom stereocenters. The topological polar surface area (TPSA) is 148 Å². The molecule has 0 heterocycles. The fourth-order valence-corrected chi connectivity index (χ4v) is 1.58. The molecule has 11 nitrogen and oxygen atoms in total. The number of hydrogen-bond acceptors (Lipinski definition) is 8. The minimum Gasteiger partial charge on any atom is -0.502 e. The molecule has 1 aliphatic rings. The minimum atomic E-state index is -1.65. The molecular formula is C8H8N3O8-. The van der Waals surface area contributed by atoms with Crippen LogP contribution in [0.15, 0.2) is 23.2 Å². The van der Waals surface area contributed by atoms with Crippen molar-refractivity contribution in [2.24, 2.45) is 0 Å². The van der Waals surface area contributed by atoms with Gasteiger partial charge in [0.05, 0.1) is 12.0 Å². The third kappa shape index (κ3) is 2.44. The second kappa shape index (κ2) is 5.30. The van der Waals surface area contributed by atoms with Crippen LogP contribution in [-0.2, 0) is 9.47 Å². The van der Waals surface area contributed by atoms with Crippen molar-refractivity contribution in [3.05, 3.63) is 59.6 Å². The highest BCUT2D eigenvalue weighted by Gasteiger charge is 2.43. The van der Waals surface area contributed by atoms with E-state index < -0.39 is 44.1 Å². The normalized spacial score (nSPS) is 18.9. The Morgan fingerprint density at radius 3 is 2.05 bits per heavy atom. The molecule has 19 heavy (non-hydrogen) atoms. The summed E-state index contributed by atoms with van der Waals surface area (Å²) in [7, 11) is 2.00. The van der Waals surface area contributed by atoms with Gasteiger partial charge in [-0.25, -0.2) is 0 Å². The molecule has 0 aromatic heterocycles. The molecule has 104 valence electrons. The zero-order chi connectivity index (χ0) is 14.7. The summed E-state index contributed by atoms with van der Waals surface area (Å²) in [4.78, 5) is 29.5. The molecule has 0 aromatic rings. The number of nitrogens with zero attached hydrogens (tertiary/aromatic N) is 3. The fraction of sp³-hybridized carbons (Fsp3) is 0.375. The number of methoxy groups -OCH3 is 2. The summed E-state index contributed by atoms with van der Waals surface area (Å²) in [5.41, 5.74) is -1.75. The smallest absolute Gasteiger partial charge is 0.298 e. The first-order chi connectivity index (χ1) is 8.84. The molecule has 1 unspecified atom stereocenters. The predicted molar refractivity (Wildman–Crippen MR) is 57.1 cm³/mol. The summed E-state index contributed by atoms with van der Waals surface area (Å²) in [6.45, 7) is 0. The van der Waals surface area contributed by atoms with Crippen LogP contribution in [0.2, 0.25) is 0 Å². The lowest BCUT2D eigenvalue weighted by Gasteiger charge is -2.26. The number of ether oxygens (including phenoxy) is 2. The molecule has 0 spiro atoms. The van der Waals surface area contributed by atoms with Gasteiger partial charge in [0.1, 0.15) is 6.04 Å². The Labute approximate surface area is 105 Å². The van der Waals surface area contributed by atoms with E-state index in [1.165, 1.54) is 0 Å². The highest BCUT2D eigenvalue weighted by atomic mass is 16.7. The van der Waals surface area contributed by atoms with Gasteiger partial charge in [-0.3, -0.25) is 30.3 Å². The summed E-state index contributed by atoms with van der Waals surface area (Å²) in [6, 6.07) is -0.804. The van der Waals surface area contributed by atoms with Crippen LogP contribution >= 0.6 is 0 Å². The van der Waals surface area contributed by atoms with Crippen LogP contribution in [0.4, 0.5) is 0 Å². The molecule has 11 heteroatoms. The van der Waals surface area contributed by atoms with Crippen molar-refractivity contribution >= 4 is 0 Å². The molecular weight excluding hydrogens is 266 g/mol. The van der Waals surface area contributed by atoms with Gasteiger partial charge in [-0.05, 0) is 9.85 Å². The SMILES string of the molecule is COC1=C([N+](=O)[O-])C(OC)[C-]([N+](=O)[O-])C=C1[N+](=O)[O-]. The fourth-order valence-electron chi connectivity index (χ4n) is 1.58. The lowest BCUT2D eigenvalue weighted by Crippen LogP contribution is -2.36. The van der Waals surface area contributed by atoms with E-state index in [2.05, 4.69) is 9.47 Å². The second-order valence-electron chi connectivity index (χ2n) is 3.26. The Morgan fingerprint density at radius 1 is 1.16 bits per heavy atom. The first kappa shape index (κ1) is 14.4. The Balaban J connectivity index is 3.52. The number of rotatable bonds is 5. The maximum atomic E-state index is 10.9. The van der Waals surface area contributed by atoms with Crippen molar-refractivity contribution < 1.29 is 24.2 Å². The van der Waals surface area contributed by atoms with Gasteiger partial charge in [-0.1, -0.05) is 6.08 Å². The summed E-state index contributed by atoms with van der Waals surface area (Å²) in [5.74, 6) is -0.674. The van der Waals surface area contributed by atoms with Crippen LogP contribution in [-0.4, -0.2) is 35.1 Å². The molecule has 1 rings (SSSR count). The third-order valence-corrected chi connectivity index (χ3v) is 2.31. The van der Waals surface area contributed by atoms with E-state index in [1.54, 1.807) is 0 Å². The van der Waals surface area contributed by atoms with Gasteiger partial charge in [-0.15, -0.1) is 0 Å². The number of hydrogen-bond donors (Lipinski definition) is 0. The summed E-state index contributed by atoms with van der Waals surface area (Å²) in [6.07, 6.45) is -1.07. The standard InChI is InChI=1S/C8H8N3O8/c1-18-7-4(9(12)13)3-5(10(14)15)8(19-2)6(7)11(16)17/h3,7H,1-2H3/q-1. The Morgan fingerprint density at radius 2 is 1.74 bits per heavy atom. The average Bonchev–Trinajstić information content (AvgIpc) is 2.35. The largest absolute Gasteiger partial charge is 0.502 e. The van der Waals surface area contributed by atoms with Crippen LogP contribution in [0, 0.1) is 36.4 Å². The minimum absolute atomic E-state index is 0.583. The van der Waals surface area contributed by atoms with E-state index >= 15 is 0 Å². The van der Waals surface area contributed by atoms with Gasteiger partial charge in [0.25, 0.3) is 5.70 Å². The zero-order valence-electron chi connectivity index (χ0n) is 9.76. The van der Waals surface area contributed by atoms with E-state index in [0.29, 0.717) is 6.08 Å². The first-order valence-corrected chi connectivity index (χ1v) is 4.68. The van der Waals surface area contributed by atoms with E-state index in [1.807, 2.05) is 0 Å². The van der Waals surface area contributed by atoms with E-state index in [-0.39, 0.29) is 0 Å². The van der Waals surface area contributed by atoms with E-state index in [4.69, 9.17) is 0 Å². The number of nitro groups is 3. The van der Waals surface area contributed by atoms with Crippen LogP contribution < -0.4 is 0 Å². The summed E-state index contributed by atoms with van der Waals surface area (Å²) < 4.78 is 9.28. The molecule has 0 fully saturated rings. The Bertz CT molecular complexity index is 496. The third-order valence-electron chi connectivity index (χ3n) is 2.31. The van der Waals surface area contributed by atoms with Gasteiger partial charge in [-0.2, -0.15) is 0 Å². The van der Waals surface area contributed by atoms with Gasteiger partial charge in [0, 0.05) is 7.11 Å². The first-order valence-electron chi connectivity index (χ1n) is 4.68. The summed E-state index contributed by atoms with van der Waals surface area (Å²) >= 11 is 0. The molecule has 0 aliphatic heterocycles. The monoisotopic (exact) mass is 274 g/mol. The highest BCUT2D eigenvalue weighted by molar-refractivity contribution is 5.37. The molecule has 0 amide bonds. The predicted octanol–water partition coefficient (Wildman–Crippen LogP) is 0.119.